The highest BCUT2D eigenvalue weighted by molar-refractivity contribution is 8.00. The van der Waals surface area contributed by atoms with Crippen LogP contribution in [0.4, 0.5) is 5.00 Å². The van der Waals surface area contributed by atoms with E-state index < -0.39 is 23.8 Å². The largest absolute Gasteiger partial charge is 0.465 e. The molecule has 1 rings (SSSR count). The molecule has 0 saturated heterocycles. The standard InChI is InChI=1S/C17H23NO7S2/c1-5-23-12(20)9-26-8-11(19)18-15-13(16(21)24-6-2)10(4)14(27-15)17(22)25-7-3/h5-9H2,1-4H3,(H,18,19). The van der Waals surface area contributed by atoms with E-state index >= 15 is 0 Å². The predicted octanol–water partition coefficient (Wildman–Crippen LogP) is 2.64. The number of hydrogen-bond acceptors (Lipinski definition) is 9. The number of anilines is 1. The van der Waals surface area contributed by atoms with Crippen LogP contribution in [-0.2, 0) is 23.8 Å². The third kappa shape index (κ3) is 6.87. The van der Waals surface area contributed by atoms with E-state index in [-0.39, 0.29) is 46.8 Å². The van der Waals surface area contributed by atoms with Crippen molar-refractivity contribution in [2.75, 3.05) is 36.6 Å². The number of thiophene rings is 1. The molecule has 10 heteroatoms. The number of ether oxygens (including phenoxy) is 3. The van der Waals surface area contributed by atoms with Gasteiger partial charge in [-0.25, -0.2) is 9.59 Å². The third-order valence-corrected chi connectivity index (χ3v) is 5.19. The predicted molar refractivity (Wildman–Crippen MR) is 104 cm³/mol. The zero-order valence-electron chi connectivity index (χ0n) is 15.7. The van der Waals surface area contributed by atoms with Crippen molar-refractivity contribution in [1.82, 2.24) is 0 Å². The Balaban J connectivity index is 2.92. The molecule has 1 aromatic heterocycles. The van der Waals surface area contributed by atoms with Gasteiger partial charge < -0.3 is 19.5 Å². The lowest BCUT2D eigenvalue weighted by Crippen LogP contribution is -2.17. The lowest BCUT2D eigenvalue weighted by molar-refractivity contribution is -0.139. The summed E-state index contributed by atoms with van der Waals surface area (Å²) in [7, 11) is 0. The van der Waals surface area contributed by atoms with Gasteiger partial charge in [-0.1, -0.05) is 0 Å². The lowest BCUT2D eigenvalue weighted by Gasteiger charge is -2.07. The molecule has 8 nitrogen and oxygen atoms in total. The Morgan fingerprint density at radius 2 is 1.52 bits per heavy atom. The topological polar surface area (TPSA) is 108 Å². The highest BCUT2D eigenvalue weighted by Gasteiger charge is 2.27. The van der Waals surface area contributed by atoms with Crippen molar-refractivity contribution < 1.29 is 33.4 Å². The first-order chi connectivity index (χ1) is 12.8. The molecule has 1 heterocycles. The maximum Gasteiger partial charge on any atom is 0.348 e. The quantitative estimate of drug-likeness (QED) is 0.457. The lowest BCUT2D eigenvalue weighted by atomic mass is 10.1. The zero-order chi connectivity index (χ0) is 20.4. The van der Waals surface area contributed by atoms with Gasteiger partial charge in [0, 0.05) is 0 Å². The summed E-state index contributed by atoms with van der Waals surface area (Å²) >= 11 is 2.05. The Morgan fingerprint density at radius 3 is 2.11 bits per heavy atom. The van der Waals surface area contributed by atoms with E-state index in [1.807, 2.05) is 0 Å². The molecule has 0 fully saturated rings. The molecule has 0 unspecified atom stereocenters. The van der Waals surface area contributed by atoms with Crippen LogP contribution in [0.2, 0.25) is 0 Å². The maximum atomic E-state index is 12.3. The number of carbonyl (C=O) groups is 4. The Hall–Kier alpha value is -2.07. The summed E-state index contributed by atoms with van der Waals surface area (Å²) in [6, 6.07) is 0. The van der Waals surface area contributed by atoms with Crippen LogP contribution in [0.1, 0.15) is 46.4 Å². The molecule has 150 valence electrons. The van der Waals surface area contributed by atoms with Gasteiger partial charge in [0.15, 0.2) is 0 Å². The van der Waals surface area contributed by atoms with Gasteiger partial charge in [-0.3, -0.25) is 9.59 Å². The Kier molecular flexibility index (Phi) is 9.87. The molecule has 0 aliphatic carbocycles. The van der Waals surface area contributed by atoms with Gasteiger partial charge >= 0.3 is 17.9 Å². The highest BCUT2D eigenvalue weighted by atomic mass is 32.2. The number of thioether (sulfide) groups is 1. The molecular weight excluding hydrogens is 394 g/mol. The number of hydrogen-bond donors (Lipinski definition) is 1. The van der Waals surface area contributed by atoms with Gasteiger partial charge in [0.05, 0.1) is 36.9 Å². The van der Waals surface area contributed by atoms with Crippen molar-refractivity contribution in [3.8, 4) is 0 Å². The highest BCUT2D eigenvalue weighted by Crippen LogP contribution is 2.34. The van der Waals surface area contributed by atoms with E-state index in [0.717, 1.165) is 23.1 Å². The minimum absolute atomic E-state index is 0.00718. The molecular formula is C17H23NO7S2. The first kappa shape index (κ1) is 23.0. The molecule has 0 aliphatic rings. The molecule has 0 saturated carbocycles. The van der Waals surface area contributed by atoms with Crippen molar-refractivity contribution >= 4 is 51.9 Å². The van der Waals surface area contributed by atoms with Gasteiger partial charge in [0.2, 0.25) is 5.91 Å². The average molecular weight is 418 g/mol. The molecule has 1 N–H and O–H groups in total. The van der Waals surface area contributed by atoms with E-state index in [2.05, 4.69) is 5.32 Å². The van der Waals surface area contributed by atoms with Crippen LogP contribution in [0, 0.1) is 6.92 Å². The van der Waals surface area contributed by atoms with E-state index in [1.54, 1.807) is 27.7 Å². The van der Waals surface area contributed by atoms with Crippen molar-refractivity contribution in [3.63, 3.8) is 0 Å². The molecule has 1 aromatic rings. The molecule has 1 amide bonds. The minimum Gasteiger partial charge on any atom is -0.465 e. The molecule has 27 heavy (non-hydrogen) atoms. The number of carbonyl (C=O) groups excluding carboxylic acids is 4. The summed E-state index contributed by atoms with van der Waals surface area (Å²) in [5.41, 5.74) is 0.528. The Labute approximate surface area is 165 Å². The minimum atomic E-state index is -0.628. The van der Waals surface area contributed by atoms with Crippen LogP contribution in [0.5, 0.6) is 0 Å². The second-order valence-corrected chi connectivity index (χ2v) is 7.05. The second-order valence-electron chi connectivity index (χ2n) is 5.05. The molecule has 0 bridgehead atoms. The summed E-state index contributed by atoms with van der Waals surface area (Å²) in [6.45, 7) is 7.27. The van der Waals surface area contributed by atoms with Gasteiger partial charge in [-0.05, 0) is 33.3 Å². The van der Waals surface area contributed by atoms with Crippen molar-refractivity contribution in [2.24, 2.45) is 0 Å². The van der Waals surface area contributed by atoms with Crippen molar-refractivity contribution in [1.29, 1.82) is 0 Å². The summed E-state index contributed by atoms with van der Waals surface area (Å²) in [5, 5.41) is 2.83. The molecule has 0 radical (unpaired) electrons. The van der Waals surface area contributed by atoms with E-state index in [9.17, 15) is 19.2 Å². The second kappa shape index (κ2) is 11.6. The van der Waals surface area contributed by atoms with E-state index in [0.29, 0.717) is 5.56 Å². The first-order valence-electron chi connectivity index (χ1n) is 8.36. The van der Waals surface area contributed by atoms with Crippen molar-refractivity contribution in [2.45, 2.75) is 27.7 Å². The molecule has 0 aromatic carbocycles. The van der Waals surface area contributed by atoms with E-state index in [1.165, 1.54) is 0 Å². The number of amides is 1. The maximum absolute atomic E-state index is 12.3. The Bertz CT molecular complexity index is 700. The summed E-state index contributed by atoms with van der Waals surface area (Å²) in [4.78, 5) is 48.0. The summed E-state index contributed by atoms with van der Waals surface area (Å²) in [5.74, 6) is -1.97. The van der Waals surface area contributed by atoms with Crippen molar-refractivity contribution in [3.05, 3.63) is 16.0 Å². The number of nitrogens with one attached hydrogen (secondary N) is 1. The normalized spacial score (nSPS) is 10.2. The van der Waals surface area contributed by atoms with Crippen LogP contribution in [-0.4, -0.2) is 55.1 Å². The smallest absolute Gasteiger partial charge is 0.348 e. The zero-order valence-corrected chi connectivity index (χ0v) is 17.3. The summed E-state index contributed by atoms with van der Waals surface area (Å²) < 4.78 is 14.8. The van der Waals surface area contributed by atoms with Crippen LogP contribution < -0.4 is 5.32 Å². The fourth-order valence-corrected chi connectivity index (χ4v) is 3.75. The van der Waals surface area contributed by atoms with Gasteiger partial charge in [-0.2, -0.15) is 0 Å². The average Bonchev–Trinajstić information content (AvgIpc) is 2.91. The third-order valence-electron chi connectivity index (χ3n) is 3.10. The van der Waals surface area contributed by atoms with Crippen LogP contribution >= 0.6 is 23.1 Å². The fraction of sp³-hybridized carbons (Fsp3) is 0.529. The molecule has 0 atom stereocenters. The van der Waals surface area contributed by atoms with Gasteiger partial charge in [0.1, 0.15) is 9.88 Å². The summed E-state index contributed by atoms with van der Waals surface area (Å²) in [6.07, 6.45) is 0. The monoisotopic (exact) mass is 417 g/mol. The Morgan fingerprint density at radius 1 is 0.926 bits per heavy atom. The van der Waals surface area contributed by atoms with Crippen LogP contribution in [0.25, 0.3) is 0 Å². The van der Waals surface area contributed by atoms with E-state index in [4.69, 9.17) is 14.2 Å². The van der Waals surface area contributed by atoms with Gasteiger partial charge in [-0.15, -0.1) is 23.1 Å². The fourth-order valence-electron chi connectivity index (χ4n) is 2.03. The number of esters is 3. The van der Waals surface area contributed by atoms with Crippen LogP contribution in [0.15, 0.2) is 0 Å². The van der Waals surface area contributed by atoms with Gasteiger partial charge in [0.25, 0.3) is 0 Å². The first-order valence-corrected chi connectivity index (χ1v) is 10.3. The molecule has 0 aliphatic heterocycles. The van der Waals surface area contributed by atoms with Crippen LogP contribution in [0.3, 0.4) is 0 Å². The number of rotatable bonds is 10. The molecule has 0 spiro atoms. The SMILES string of the molecule is CCOC(=O)CSCC(=O)Nc1sc(C(=O)OCC)c(C)c1C(=O)OCC.